The van der Waals surface area contributed by atoms with Gasteiger partial charge in [0.2, 0.25) is 0 Å². The number of aliphatic imine (C=N–C) groups is 1. The molecule has 0 aromatic heterocycles. The first-order valence-electron chi connectivity index (χ1n) is 10.5. The van der Waals surface area contributed by atoms with Gasteiger partial charge in [-0.05, 0) is 65.2 Å². The first kappa shape index (κ1) is 25.0. The van der Waals surface area contributed by atoms with Crippen LogP contribution in [0.25, 0.3) is 0 Å². The van der Waals surface area contributed by atoms with E-state index in [1.54, 1.807) is 7.11 Å². The van der Waals surface area contributed by atoms with Crippen molar-refractivity contribution in [3.63, 3.8) is 0 Å². The number of halogens is 1. The maximum absolute atomic E-state index is 5.51. The number of guanidine groups is 1. The molecule has 0 spiro atoms. The van der Waals surface area contributed by atoms with E-state index < -0.39 is 0 Å². The summed E-state index contributed by atoms with van der Waals surface area (Å²) in [5.41, 5.74) is 2.39. The van der Waals surface area contributed by atoms with Crippen LogP contribution < -0.4 is 15.4 Å². The number of ether oxygens (including phenoxy) is 1. The molecule has 1 saturated heterocycles. The smallest absolute Gasteiger partial charge is 0.191 e. The Morgan fingerprint density at radius 3 is 2.61 bits per heavy atom. The highest BCUT2D eigenvalue weighted by Crippen LogP contribution is 2.25. The van der Waals surface area contributed by atoms with Crippen LogP contribution in [0, 0.1) is 6.92 Å². The fourth-order valence-corrected chi connectivity index (χ4v) is 3.70. The Bertz CT molecular complexity index is 588. The second-order valence-corrected chi connectivity index (χ2v) is 7.57. The fraction of sp³-hybridized carbons (Fsp3) is 0.682. The third-order valence-corrected chi connectivity index (χ3v) is 5.32. The van der Waals surface area contributed by atoms with E-state index in [1.165, 1.54) is 63.7 Å². The zero-order chi connectivity index (χ0) is 19.5. The number of nitrogens with one attached hydrogen (secondary N) is 2. The topological polar surface area (TPSA) is 48.9 Å². The average Bonchev–Trinajstić information content (AvgIpc) is 2.70. The monoisotopic (exact) mass is 502 g/mol. The van der Waals surface area contributed by atoms with E-state index >= 15 is 0 Å². The van der Waals surface area contributed by atoms with Gasteiger partial charge in [0.1, 0.15) is 5.75 Å². The Morgan fingerprint density at radius 1 is 1.18 bits per heavy atom. The van der Waals surface area contributed by atoms with Crippen molar-refractivity contribution < 1.29 is 4.74 Å². The molecule has 2 rings (SSSR count). The Morgan fingerprint density at radius 2 is 1.93 bits per heavy atom. The number of piperidine rings is 1. The third kappa shape index (κ3) is 8.55. The van der Waals surface area contributed by atoms with E-state index in [9.17, 15) is 0 Å². The quantitative estimate of drug-likeness (QED) is 0.226. The van der Waals surface area contributed by atoms with Crippen LogP contribution in [0.4, 0.5) is 0 Å². The van der Waals surface area contributed by atoms with Gasteiger partial charge in [-0.15, -0.1) is 24.0 Å². The van der Waals surface area contributed by atoms with Gasteiger partial charge in [0.05, 0.1) is 13.2 Å². The molecule has 1 aromatic rings. The van der Waals surface area contributed by atoms with E-state index in [4.69, 9.17) is 4.74 Å². The van der Waals surface area contributed by atoms with Gasteiger partial charge in [-0.1, -0.05) is 30.5 Å². The molecular formula is C22H39IN4O. The zero-order valence-corrected chi connectivity index (χ0v) is 20.4. The van der Waals surface area contributed by atoms with Crippen molar-refractivity contribution in [2.75, 3.05) is 40.3 Å². The molecule has 1 fully saturated rings. The number of rotatable bonds is 9. The molecule has 160 valence electrons. The van der Waals surface area contributed by atoms with Crippen molar-refractivity contribution in [3.8, 4) is 5.75 Å². The van der Waals surface area contributed by atoms with Crippen molar-refractivity contribution in [3.05, 3.63) is 29.3 Å². The number of methoxy groups -OCH3 is 1. The summed E-state index contributed by atoms with van der Waals surface area (Å²) in [7, 11) is 3.55. The van der Waals surface area contributed by atoms with Gasteiger partial charge in [-0.3, -0.25) is 4.99 Å². The largest absolute Gasteiger partial charge is 0.496 e. The highest BCUT2D eigenvalue weighted by atomic mass is 127. The molecule has 6 heteroatoms. The van der Waals surface area contributed by atoms with Gasteiger partial charge in [0, 0.05) is 19.2 Å². The Labute approximate surface area is 188 Å². The molecule has 0 amide bonds. The van der Waals surface area contributed by atoms with E-state index in [1.807, 2.05) is 13.1 Å². The first-order chi connectivity index (χ1) is 13.1. The van der Waals surface area contributed by atoms with Gasteiger partial charge in [-0.25, -0.2) is 0 Å². The maximum atomic E-state index is 5.51. The van der Waals surface area contributed by atoms with Crippen molar-refractivity contribution in [2.45, 2.75) is 58.4 Å². The summed E-state index contributed by atoms with van der Waals surface area (Å²) in [6, 6.07) is 6.41. The molecule has 1 atom stereocenters. The highest BCUT2D eigenvalue weighted by molar-refractivity contribution is 14.0. The molecule has 2 N–H and O–H groups in total. The lowest BCUT2D eigenvalue weighted by Crippen LogP contribution is -2.39. The van der Waals surface area contributed by atoms with Crippen LogP contribution >= 0.6 is 24.0 Å². The maximum Gasteiger partial charge on any atom is 0.191 e. The molecule has 0 radical (unpaired) electrons. The van der Waals surface area contributed by atoms with Gasteiger partial charge in [-0.2, -0.15) is 0 Å². The minimum Gasteiger partial charge on any atom is -0.496 e. The lowest BCUT2D eigenvalue weighted by Gasteiger charge is -2.26. The van der Waals surface area contributed by atoms with Crippen LogP contribution in [-0.4, -0.2) is 51.2 Å². The minimum absolute atomic E-state index is 0. The predicted molar refractivity (Wildman–Crippen MR) is 130 cm³/mol. The predicted octanol–water partition coefficient (Wildman–Crippen LogP) is 4.50. The van der Waals surface area contributed by atoms with Crippen LogP contribution in [0.1, 0.15) is 62.6 Å². The molecule has 5 nitrogen and oxygen atoms in total. The van der Waals surface area contributed by atoms with E-state index in [-0.39, 0.29) is 30.0 Å². The van der Waals surface area contributed by atoms with E-state index in [0.29, 0.717) is 0 Å². The SMILES string of the molecule is CN=C(NCCCCCN1CCCCC1)NC(C)c1cc(C)ccc1OC.I. The summed E-state index contributed by atoms with van der Waals surface area (Å²) >= 11 is 0. The van der Waals surface area contributed by atoms with Crippen LogP contribution in [0.5, 0.6) is 5.75 Å². The standard InChI is InChI=1S/C22H38N4O.HI/c1-18-11-12-21(27-4)20(17-18)19(2)25-22(23-3)24-13-7-5-8-14-26-15-9-6-10-16-26;/h11-12,17,19H,5-10,13-16H2,1-4H3,(H2,23,24,25);1H. The Balaban J connectivity index is 0.00000392. The van der Waals surface area contributed by atoms with Gasteiger partial charge < -0.3 is 20.3 Å². The lowest BCUT2D eigenvalue weighted by atomic mass is 10.0. The number of nitrogens with zero attached hydrogens (tertiary/aromatic N) is 2. The number of hydrogen-bond acceptors (Lipinski definition) is 3. The number of aryl methyl sites for hydroxylation is 1. The molecule has 0 aliphatic carbocycles. The van der Waals surface area contributed by atoms with Crippen LogP contribution in [0.2, 0.25) is 0 Å². The minimum atomic E-state index is 0. The molecule has 0 saturated carbocycles. The Kier molecular flexibility index (Phi) is 12.5. The molecule has 1 aliphatic heterocycles. The van der Waals surface area contributed by atoms with Gasteiger partial charge >= 0.3 is 0 Å². The lowest BCUT2D eigenvalue weighted by molar-refractivity contribution is 0.224. The van der Waals surface area contributed by atoms with Gasteiger partial charge in [0.25, 0.3) is 0 Å². The number of unbranched alkanes of at least 4 members (excludes halogenated alkanes) is 2. The summed E-state index contributed by atoms with van der Waals surface area (Å²) < 4.78 is 5.51. The summed E-state index contributed by atoms with van der Waals surface area (Å²) in [6.45, 7) is 9.06. The second-order valence-electron chi connectivity index (χ2n) is 7.57. The third-order valence-electron chi connectivity index (χ3n) is 5.32. The first-order valence-corrected chi connectivity index (χ1v) is 10.5. The molecular weight excluding hydrogens is 463 g/mol. The summed E-state index contributed by atoms with van der Waals surface area (Å²) in [6.07, 6.45) is 7.92. The Hall–Kier alpha value is -1.02. The fourth-order valence-electron chi connectivity index (χ4n) is 3.70. The normalized spacial score (nSPS) is 16.2. The van der Waals surface area contributed by atoms with Gasteiger partial charge in [0.15, 0.2) is 5.96 Å². The number of benzene rings is 1. The second kappa shape index (κ2) is 14.0. The molecule has 1 aromatic carbocycles. The van der Waals surface area contributed by atoms with Crippen molar-refractivity contribution in [1.82, 2.24) is 15.5 Å². The van der Waals surface area contributed by atoms with Crippen molar-refractivity contribution in [1.29, 1.82) is 0 Å². The van der Waals surface area contributed by atoms with Crippen LogP contribution in [-0.2, 0) is 0 Å². The summed E-state index contributed by atoms with van der Waals surface area (Å²) in [5.74, 6) is 1.76. The zero-order valence-electron chi connectivity index (χ0n) is 18.1. The van der Waals surface area contributed by atoms with E-state index in [0.717, 1.165) is 23.8 Å². The number of hydrogen-bond donors (Lipinski definition) is 2. The molecule has 1 heterocycles. The average molecular weight is 502 g/mol. The molecule has 28 heavy (non-hydrogen) atoms. The van der Waals surface area contributed by atoms with Crippen LogP contribution in [0.3, 0.4) is 0 Å². The molecule has 0 bridgehead atoms. The van der Waals surface area contributed by atoms with Crippen molar-refractivity contribution >= 4 is 29.9 Å². The van der Waals surface area contributed by atoms with Crippen molar-refractivity contribution in [2.24, 2.45) is 4.99 Å². The van der Waals surface area contributed by atoms with Crippen LogP contribution in [0.15, 0.2) is 23.2 Å². The molecule has 1 aliphatic rings. The molecule has 1 unspecified atom stereocenters. The number of likely N-dealkylation sites (tertiary alicyclic amines) is 1. The highest BCUT2D eigenvalue weighted by Gasteiger charge is 2.13. The van der Waals surface area contributed by atoms with E-state index in [2.05, 4.69) is 46.5 Å². The summed E-state index contributed by atoms with van der Waals surface area (Å²) in [5, 5.41) is 6.92. The summed E-state index contributed by atoms with van der Waals surface area (Å²) in [4.78, 5) is 6.99.